The molecule has 0 spiro atoms. The second-order valence-electron chi connectivity index (χ2n) is 3.44. The largest absolute Gasteiger partial charge is 0.464 e. The number of hydrogen-bond acceptors (Lipinski definition) is 4. The molecule has 0 saturated carbocycles. The molecule has 1 unspecified atom stereocenters. The number of aromatic nitrogens is 3. The molecule has 1 aromatic heterocycles. The number of carbonyl (C=O) groups excluding carboxylic acids is 1. The van der Waals surface area contributed by atoms with Crippen molar-refractivity contribution in [3.63, 3.8) is 0 Å². The first kappa shape index (κ1) is 10.6. The Morgan fingerprint density at radius 1 is 1.38 bits per heavy atom. The van der Waals surface area contributed by atoms with Gasteiger partial charge in [0.15, 0.2) is 6.04 Å². The highest BCUT2D eigenvalue weighted by atomic mass is 16.5. The zero-order valence-electron chi connectivity index (χ0n) is 9.25. The van der Waals surface area contributed by atoms with Crippen LogP contribution in [0, 0.1) is 0 Å². The molecule has 2 aromatic rings. The number of benzene rings is 1. The van der Waals surface area contributed by atoms with Gasteiger partial charge in [-0.15, -0.1) is 0 Å². The minimum absolute atomic E-state index is 0.317. The average Bonchev–Trinajstić information content (AvgIpc) is 2.71. The first-order valence-electron chi connectivity index (χ1n) is 5.20. The molecule has 1 aromatic carbocycles. The zero-order valence-corrected chi connectivity index (χ0v) is 9.25. The summed E-state index contributed by atoms with van der Waals surface area (Å²) in [4.78, 5) is 12.9. The van der Waals surface area contributed by atoms with Crippen molar-refractivity contribution in [2.75, 3.05) is 6.61 Å². The van der Waals surface area contributed by atoms with Crippen molar-refractivity contribution < 1.29 is 9.53 Å². The van der Waals surface area contributed by atoms with Crippen molar-refractivity contribution in [3.8, 4) is 0 Å². The number of rotatable bonds is 3. The van der Waals surface area contributed by atoms with E-state index in [0.29, 0.717) is 6.61 Å². The van der Waals surface area contributed by atoms with Gasteiger partial charge in [-0.2, -0.15) is 15.0 Å². The summed E-state index contributed by atoms with van der Waals surface area (Å²) in [5.74, 6) is -0.317. The lowest BCUT2D eigenvalue weighted by Crippen LogP contribution is -2.21. The fraction of sp³-hybridized carbons (Fsp3) is 0.364. The molecule has 0 radical (unpaired) electrons. The van der Waals surface area contributed by atoms with Crippen molar-refractivity contribution in [1.82, 2.24) is 15.0 Å². The Kier molecular flexibility index (Phi) is 2.85. The fourth-order valence-electron chi connectivity index (χ4n) is 1.41. The Morgan fingerprint density at radius 3 is 2.44 bits per heavy atom. The van der Waals surface area contributed by atoms with Gasteiger partial charge in [-0.3, -0.25) is 0 Å². The zero-order chi connectivity index (χ0) is 11.5. The highest BCUT2D eigenvalue weighted by Gasteiger charge is 2.18. The Morgan fingerprint density at radius 2 is 1.94 bits per heavy atom. The molecule has 0 aliphatic rings. The summed E-state index contributed by atoms with van der Waals surface area (Å²) in [7, 11) is 0. The van der Waals surface area contributed by atoms with Crippen LogP contribution < -0.4 is 0 Å². The molecular formula is C11H13N3O2. The van der Waals surface area contributed by atoms with E-state index in [1.54, 1.807) is 13.8 Å². The molecule has 0 bridgehead atoms. The van der Waals surface area contributed by atoms with Gasteiger partial charge in [0.2, 0.25) is 0 Å². The number of fused-ring (bicyclic) bond motifs is 1. The van der Waals surface area contributed by atoms with E-state index in [4.69, 9.17) is 4.74 Å². The molecule has 0 aliphatic heterocycles. The van der Waals surface area contributed by atoms with Gasteiger partial charge < -0.3 is 4.74 Å². The van der Waals surface area contributed by atoms with Gasteiger partial charge in [0, 0.05) is 0 Å². The van der Waals surface area contributed by atoms with E-state index < -0.39 is 6.04 Å². The lowest BCUT2D eigenvalue weighted by atomic mass is 10.3. The van der Waals surface area contributed by atoms with Gasteiger partial charge in [-0.25, -0.2) is 4.79 Å². The van der Waals surface area contributed by atoms with E-state index in [-0.39, 0.29) is 5.97 Å². The van der Waals surface area contributed by atoms with Crippen LogP contribution in [-0.4, -0.2) is 27.6 Å². The fourth-order valence-corrected chi connectivity index (χ4v) is 1.41. The molecular weight excluding hydrogens is 206 g/mol. The topological polar surface area (TPSA) is 57.0 Å². The van der Waals surface area contributed by atoms with E-state index >= 15 is 0 Å². The lowest BCUT2D eigenvalue weighted by Gasteiger charge is -2.08. The van der Waals surface area contributed by atoms with Crippen LogP contribution in [0.15, 0.2) is 24.3 Å². The quantitative estimate of drug-likeness (QED) is 0.735. The lowest BCUT2D eigenvalue weighted by molar-refractivity contribution is -0.147. The number of hydrogen-bond donors (Lipinski definition) is 0. The maximum atomic E-state index is 11.5. The smallest absolute Gasteiger partial charge is 0.332 e. The Hall–Kier alpha value is -1.91. The standard InChI is InChI=1S/C11H13N3O2/c1-3-16-11(15)8(2)14-12-9-6-4-5-7-10(9)13-14/h4-8H,3H2,1-2H3. The molecule has 0 amide bonds. The summed E-state index contributed by atoms with van der Waals surface area (Å²) in [6.07, 6.45) is 0. The molecule has 0 fully saturated rings. The first-order chi connectivity index (χ1) is 7.72. The van der Waals surface area contributed by atoms with E-state index in [9.17, 15) is 4.79 Å². The van der Waals surface area contributed by atoms with Gasteiger partial charge >= 0.3 is 5.97 Å². The summed E-state index contributed by atoms with van der Waals surface area (Å²) in [6, 6.07) is 6.99. The van der Waals surface area contributed by atoms with Gasteiger partial charge in [0.1, 0.15) is 11.0 Å². The second kappa shape index (κ2) is 4.30. The third kappa shape index (κ3) is 1.88. The predicted octanol–water partition coefficient (Wildman–Crippen LogP) is 1.56. The van der Waals surface area contributed by atoms with Crippen LogP contribution in [0.2, 0.25) is 0 Å². The molecule has 84 valence electrons. The molecule has 5 nitrogen and oxygen atoms in total. The SMILES string of the molecule is CCOC(=O)C(C)n1nc2ccccc2n1. The number of esters is 1. The van der Waals surface area contributed by atoms with E-state index in [0.717, 1.165) is 11.0 Å². The van der Waals surface area contributed by atoms with Crippen LogP contribution >= 0.6 is 0 Å². The third-order valence-electron chi connectivity index (χ3n) is 2.28. The van der Waals surface area contributed by atoms with Crippen LogP contribution in [-0.2, 0) is 9.53 Å². The van der Waals surface area contributed by atoms with Crippen molar-refractivity contribution in [1.29, 1.82) is 0 Å². The number of ether oxygens (including phenoxy) is 1. The molecule has 5 heteroatoms. The summed E-state index contributed by atoms with van der Waals surface area (Å²) >= 11 is 0. The van der Waals surface area contributed by atoms with Crippen molar-refractivity contribution in [3.05, 3.63) is 24.3 Å². The van der Waals surface area contributed by atoms with Crippen LogP contribution in [0.1, 0.15) is 19.9 Å². The molecule has 16 heavy (non-hydrogen) atoms. The molecule has 1 heterocycles. The van der Waals surface area contributed by atoms with Gasteiger partial charge in [0.25, 0.3) is 0 Å². The van der Waals surface area contributed by atoms with E-state index in [1.807, 2.05) is 24.3 Å². The number of nitrogens with zero attached hydrogens (tertiary/aromatic N) is 3. The Bertz CT molecular complexity index is 474. The summed E-state index contributed by atoms with van der Waals surface area (Å²) in [6.45, 7) is 3.86. The normalized spacial score (nSPS) is 12.6. The molecule has 0 saturated heterocycles. The maximum absolute atomic E-state index is 11.5. The van der Waals surface area contributed by atoms with E-state index in [2.05, 4.69) is 10.2 Å². The van der Waals surface area contributed by atoms with Gasteiger partial charge in [0.05, 0.1) is 6.61 Å². The van der Waals surface area contributed by atoms with Crippen LogP contribution in [0.3, 0.4) is 0 Å². The molecule has 0 aliphatic carbocycles. The monoisotopic (exact) mass is 219 g/mol. The molecule has 1 atom stereocenters. The maximum Gasteiger partial charge on any atom is 0.332 e. The van der Waals surface area contributed by atoms with E-state index in [1.165, 1.54) is 4.80 Å². The van der Waals surface area contributed by atoms with Gasteiger partial charge in [-0.05, 0) is 26.0 Å². The summed E-state index contributed by atoms with van der Waals surface area (Å²) in [5.41, 5.74) is 1.55. The van der Waals surface area contributed by atoms with Crippen LogP contribution in [0.25, 0.3) is 11.0 Å². The summed E-state index contributed by atoms with van der Waals surface area (Å²) < 4.78 is 4.91. The highest BCUT2D eigenvalue weighted by Crippen LogP contribution is 2.11. The Balaban J connectivity index is 2.29. The minimum Gasteiger partial charge on any atom is -0.464 e. The molecule has 2 rings (SSSR count). The minimum atomic E-state index is -0.493. The highest BCUT2D eigenvalue weighted by molar-refractivity contribution is 5.76. The van der Waals surface area contributed by atoms with Crippen molar-refractivity contribution in [2.24, 2.45) is 0 Å². The predicted molar refractivity (Wildman–Crippen MR) is 58.9 cm³/mol. The van der Waals surface area contributed by atoms with Gasteiger partial charge in [-0.1, -0.05) is 12.1 Å². The van der Waals surface area contributed by atoms with Crippen LogP contribution in [0.4, 0.5) is 0 Å². The first-order valence-corrected chi connectivity index (χ1v) is 5.20. The second-order valence-corrected chi connectivity index (χ2v) is 3.44. The third-order valence-corrected chi connectivity index (χ3v) is 2.28. The van der Waals surface area contributed by atoms with Crippen LogP contribution in [0.5, 0.6) is 0 Å². The average molecular weight is 219 g/mol. The molecule has 0 N–H and O–H groups in total. The van der Waals surface area contributed by atoms with Crippen molar-refractivity contribution in [2.45, 2.75) is 19.9 Å². The van der Waals surface area contributed by atoms with Crippen molar-refractivity contribution >= 4 is 17.0 Å². The Labute approximate surface area is 93.0 Å². The number of carbonyl (C=O) groups is 1. The summed E-state index contributed by atoms with van der Waals surface area (Å²) in [5, 5.41) is 8.44.